The van der Waals surface area contributed by atoms with E-state index < -0.39 is 0 Å². The van der Waals surface area contributed by atoms with E-state index in [9.17, 15) is 0 Å². The smallest absolute Gasteiger partial charge is 0.0492 e. The number of hydrogen-bond acceptors (Lipinski definition) is 2. The summed E-state index contributed by atoms with van der Waals surface area (Å²) in [4.78, 5) is 4.27. The van der Waals surface area contributed by atoms with Crippen LogP contribution in [-0.2, 0) is 13.0 Å². The van der Waals surface area contributed by atoms with Crippen molar-refractivity contribution in [1.82, 2.24) is 14.8 Å². The van der Waals surface area contributed by atoms with Crippen LogP contribution in [-0.4, -0.2) is 14.8 Å². The molecule has 0 fully saturated rings. The molecule has 0 atom stereocenters. The average molecular weight is 187 g/mol. The lowest BCUT2D eigenvalue weighted by Gasteiger charge is -2.03. The molecule has 0 saturated heterocycles. The highest BCUT2D eigenvalue weighted by molar-refractivity contribution is 5.04. The van der Waals surface area contributed by atoms with Gasteiger partial charge in [-0.25, -0.2) is 0 Å². The molecule has 2 heterocycles. The maximum atomic E-state index is 4.27. The highest BCUT2D eigenvalue weighted by Gasteiger charge is 1.97. The highest BCUT2D eigenvalue weighted by atomic mass is 15.3. The summed E-state index contributed by atoms with van der Waals surface area (Å²) in [5, 5.41) is 4.22. The van der Waals surface area contributed by atoms with Crippen LogP contribution in [0.3, 0.4) is 0 Å². The van der Waals surface area contributed by atoms with Gasteiger partial charge in [0.15, 0.2) is 0 Å². The lowest BCUT2D eigenvalue weighted by Crippen LogP contribution is -2.05. The Labute approximate surface area is 83.4 Å². The number of rotatable bonds is 3. The van der Waals surface area contributed by atoms with Gasteiger partial charge < -0.3 is 0 Å². The fraction of sp³-hybridized carbons (Fsp3) is 0.273. The highest BCUT2D eigenvalue weighted by Crippen LogP contribution is 2.00. The molecule has 0 N–H and O–H groups in total. The maximum absolute atomic E-state index is 4.27. The predicted octanol–water partition coefficient (Wildman–Crippen LogP) is 1.83. The summed E-state index contributed by atoms with van der Waals surface area (Å²) in [6.07, 6.45) is 4.59. The number of aryl methyl sites for hydroxylation is 3. The minimum atomic E-state index is 0.899. The van der Waals surface area contributed by atoms with E-state index >= 15 is 0 Å². The van der Waals surface area contributed by atoms with Crippen LogP contribution >= 0.6 is 0 Å². The van der Waals surface area contributed by atoms with Crippen LogP contribution in [0, 0.1) is 6.92 Å². The van der Waals surface area contributed by atoms with Crippen LogP contribution in [0.2, 0.25) is 0 Å². The topological polar surface area (TPSA) is 30.7 Å². The SMILES string of the molecule is Cc1ccnn1CCc1ccccn1. The van der Waals surface area contributed by atoms with Crippen LogP contribution < -0.4 is 0 Å². The number of hydrogen-bond donors (Lipinski definition) is 0. The van der Waals surface area contributed by atoms with E-state index in [1.54, 1.807) is 0 Å². The Morgan fingerprint density at radius 3 is 2.79 bits per heavy atom. The number of pyridine rings is 1. The molecule has 14 heavy (non-hydrogen) atoms. The fourth-order valence-corrected chi connectivity index (χ4v) is 1.40. The van der Waals surface area contributed by atoms with E-state index in [2.05, 4.69) is 17.0 Å². The first kappa shape index (κ1) is 8.94. The van der Waals surface area contributed by atoms with Crippen LogP contribution in [0.1, 0.15) is 11.4 Å². The lowest BCUT2D eigenvalue weighted by molar-refractivity contribution is 0.593. The molecule has 2 aromatic heterocycles. The zero-order chi connectivity index (χ0) is 9.80. The van der Waals surface area contributed by atoms with E-state index in [1.807, 2.05) is 41.3 Å². The molecule has 0 spiro atoms. The molecule has 2 aromatic rings. The normalized spacial score (nSPS) is 10.4. The summed E-state index contributed by atoms with van der Waals surface area (Å²) < 4.78 is 1.99. The van der Waals surface area contributed by atoms with Gasteiger partial charge in [-0.05, 0) is 25.1 Å². The molecule has 0 saturated carbocycles. The van der Waals surface area contributed by atoms with Gasteiger partial charge in [0.25, 0.3) is 0 Å². The third-order valence-corrected chi connectivity index (χ3v) is 2.23. The van der Waals surface area contributed by atoms with Crippen molar-refractivity contribution in [2.75, 3.05) is 0 Å². The van der Waals surface area contributed by atoms with Crippen molar-refractivity contribution in [3.8, 4) is 0 Å². The van der Waals surface area contributed by atoms with E-state index in [-0.39, 0.29) is 0 Å². The lowest BCUT2D eigenvalue weighted by atomic mass is 10.3. The summed E-state index contributed by atoms with van der Waals surface area (Å²) in [6.45, 7) is 2.96. The molecule has 0 bridgehead atoms. The van der Waals surface area contributed by atoms with Gasteiger partial charge in [0, 0.05) is 36.7 Å². The zero-order valence-corrected chi connectivity index (χ0v) is 8.22. The second kappa shape index (κ2) is 4.05. The minimum absolute atomic E-state index is 0.899. The Morgan fingerprint density at radius 1 is 1.21 bits per heavy atom. The number of aromatic nitrogens is 3. The van der Waals surface area contributed by atoms with Gasteiger partial charge in [0.2, 0.25) is 0 Å². The molecule has 0 unspecified atom stereocenters. The first-order valence-corrected chi connectivity index (χ1v) is 4.74. The fourth-order valence-electron chi connectivity index (χ4n) is 1.40. The van der Waals surface area contributed by atoms with Gasteiger partial charge in [-0.3, -0.25) is 9.67 Å². The van der Waals surface area contributed by atoms with Gasteiger partial charge in [-0.2, -0.15) is 5.10 Å². The van der Waals surface area contributed by atoms with Crippen LogP contribution in [0.25, 0.3) is 0 Å². The van der Waals surface area contributed by atoms with E-state index in [0.29, 0.717) is 0 Å². The van der Waals surface area contributed by atoms with Gasteiger partial charge in [0.05, 0.1) is 0 Å². The Kier molecular flexibility index (Phi) is 2.58. The maximum Gasteiger partial charge on any atom is 0.0492 e. The monoisotopic (exact) mass is 187 g/mol. The molecule has 72 valence electrons. The molecule has 0 amide bonds. The summed E-state index contributed by atoms with van der Waals surface area (Å²) >= 11 is 0. The Bertz CT molecular complexity index is 392. The van der Waals surface area contributed by atoms with Crippen molar-refractivity contribution in [1.29, 1.82) is 0 Å². The Morgan fingerprint density at radius 2 is 2.14 bits per heavy atom. The molecule has 0 aliphatic rings. The molecule has 0 radical (unpaired) electrons. The van der Waals surface area contributed by atoms with Gasteiger partial charge >= 0.3 is 0 Å². The van der Waals surface area contributed by atoms with Crippen molar-refractivity contribution < 1.29 is 0 Å². The van der Waals surface area contributed by atoms with Gasteiger partial charge in [0.1, 0.15) is 0 Å². The quantitative estimate of drug-likeness (QED) is 0.734. The zero-order valence-electron chi connectivity index (χ0n) is 8.22. The van der Waals surface area contributed by atoms with E-state index in [4.69, 9.17) is 0 Å². The van der Waals surface area contributed by atoms with Crippen LogP contribution in [0.15, 0.2) is 36.7 Å². The first-order chi connectivity index (χ1) is 6.86. The first-order valence-electron chi connectivity index (χ1n) is 4.74. The molecule has 3 nitrogen and oxygen atoms in total. The molecule has 0 aromatic carbocycles. The Hall–Kier alpha value is -1.64. The molecule has 2 rings (SSSR count). The van der Waals surface area contributed by atoms with Crippen LogP contribution in [0.4, 0.5) is 0 Å². The molecular formula is C11H13N3. The number of nitrogens with zero attached hydrogens (tertiary/aromatic N) is 3. The van der Waals surface area contributed by atoms with Crippen LogP contribution in [0.5, 0.6) is 0 Å². The molecule has 0 aliphatic heterocycles. The largest absolute Gasteiger partial charge is 0.270 e. The third kappa shape index (κ3) is 1.99. The summed E-state index contributed by atoms with van der Waals surface area (Å²) in [5.41, 5.74) is 2.31. The average Bonchev–Trinajstić information content (AvgIpc) is 2.63. The summed E-state index contributed by atoms with van der Waals surface area (Å²) in [6, 6.07) is 8.00. The van der Waals surface area contributed by atoms with E-state index in [1.165, 1.54) is 5.69 Å². The van der Waals surface area contributed by atoms with Crippen molar-refractivity contribution in [2.24, 2.45) is 0 Å². The Balaban J connectivity index is 1.99. The van der Waals surface area contributed by atoms with Crippen molar-refractivity contribution in [2.45, 2.75) is 19.9 Å². The third-order valence-electron chi connectivity index (χ3n) is 2.23. The van der Waals surface area contributed by atoms with Gasteiger partial charge in [-0.1, -0.05) is 6.07 Å². The second-order valence-corrected chi connectivity index (χ2v) is 3.27. The van der Waals surface area contributed by atoms with Crippen molar-refractivity contribution >= 4 is 0 Å². The standard InChI is InChI=1S/C11H13N3/c1-10-5-8-13-14(10)9-6-11-4-2-3-7-12-11/h2-5,7-8H,6,9H2,1H3. The van der Waals surface area contributed by atoms with Crippen molar-refractivity contribution in [3.05, 3.63) is 48.0 Å². The molecular weight excluding hydrogens is 174 g/mol. The van der Waals surface area contributed by atoms with E-state index in [0.717, 1.165) is 18.7 Å². The summed E-state index contributed by atoms with van der Waals surface area (Å²) in [5.74, 6) is 0. The second-order valence-electron chi connectivity index (χ2n) is 3.27. The molecule has 0 aliphatic carbocycles. The predicted molar refractivity (Wildman–Crippen MR) is 54.9 cm³/mol. The van der Waals surface area contributed by atoms with Crippen molar-refractivity contribution in [3.63, 3.8) is 0 Å². The van der Waals surface area contributed by atoms with Gasteiger partial charge in [-0.15, -0.1) is 0 Å². The minimum Gasteiger partial charge on any atom is -0.270 e. The molecule has 3 heteroatoms. The summed E-state index contributed by atoms with van der Waals surface area (Å²) in [7, 11) is 0.